The van der Waals surface area contributed by atoms with Gasteiger partial charge in [-0.15, -0.1) is 5.10 Å². The Morgan fingerprint density at radius 1 is 1.35 bits per heavy atom. The van der Waals surface area contributed by atoms with Gasteiger partial charge in [0.15, 0.2) is 5.65 Å². The zero-order valence-electron chi connectivity index (χ0n) is 14.0. The van der Waals surface area contributed by atoms with E-state index in [0.29, 0.717) is 35.4 Å². The number of amides is 1. The maximum absolute atomic E-state index is 12.0. The van der Waals surface area contributed by atoms with Gasteiger partial charge in [-0.3, -0.25) is 4.79 Å². The first kappa shape index (κ1) is 16.1. The smallest absolute Gasteiger partial charge is 0.267 e. The summed E-state index contributed by atoms with van der Waals surface area (Å²) in [4.78, 5) is 21.5. The molecule has 0 bridgehead atoms. The fourth-order valence-electron chi connectivity index (χ4n) is 2.86. The fraction of sp³-hybridized carbons (Fsp3) is 0.222. The minimum atomic E-state index is -1.62. The van der Waals surface area contributed by atoms with Gasteiger partial charge in [-0.25, -0.2) is 14.6 Å². The number of hydrogen-bond acceptors (Lipinski definition) is 6. The second kappa shape index (κ2) is 5.82. The summed E-state index contributed by atoms with van der Waals surface area (Å²) >= 11 is 0. The lowest BCUT2D eigenvalue weighted by molar-refractivity contribution is -0.137. The van der Waals surface area contributed by atoms with E-state index in [-0.39, 0.29) is 5.91 Å². The lowest BCUT2D eigenvalue weighted by atomic mass is 10.0. The highest BCUT2D eigenvalue weighted by atomic mass is 16.3. The van der Waals surface area contributed by atoms with Crippen molar-refractivity contribution in [3.8, 4) is 17.5 Å². The molecule has 4 rings (SSSR count). The lowest BCUT2D eigenvalue weighted by Crippen LogP contribution is -2.37. The SMILES string of the molecule is CN1CC[C@@](O)(C#Cc2cccc(-n3cc4c(N)ncnc4n3)c2)C1=O. The number of likely N-dealkylation sites (N-methyl/N-ethyl adjacent to an activating group) is 1. The maximum Gasteiger partial charge on any atom is 0.267 e. The molecule has 3 N–H and O–H groups in total. The molecule has 0 saturated carbocycles. The molecule has 1 aliphatic rings. The standard InChI is InChI=1S/C18H16N6O2/c1-23-8-7-18(26,17(23)25)6-5-12-3-2-4-13(9-12)24-10-14-15(19)20-11-21-16(14)22-24/h2-4,9-11,26H,7-8H2,1H3,(H2,19,20,21,22)/t18-/m0/s1. The van der Waals surface area contributed by atoms with Crippen molar-refractivity contribution in [2.75, 3.05) is 19.3 Å². The van der Waals surface area contributed by atoms with Crippen molar-refractivity contribution in [2.24, 2.45) is 0 Å². The predicted molar refractivity (Wildman–Crippen MR) is 95.2 cm³/mol. The van der Waals surface area contributed by atoms with Gasteiger partial charge in [0, 0.05) is 31.8 Å². The molecule has 1 atom stereocenters. The molecule has 0 radical (unpaired) electrons. The minimum absolute atomic E-state index is 0.303. The van der Waals surface area contributed by atoms with Crippen LogP contribution in [0.15, 0.2) is 36.8 Å². The van der Waals surface area contributed by atoms with Crippen molar-refractivity contribution >= 4 is 22.8 Å². The van der Waals surface area contributed by atoms with Gasteiger partial charge in [0.1, 0.15) is 12.1 Å². The molecule has 3 aromatic rings. The van der Waals surface area contributed by atoms with Crippen LogP contribution in [0.2, 0.25) is 0 Å². The number of carbonyl (C=O) groups is 1. The van der Waals surface area contributed by atoms with E-state index in [2.05, 4.69) is 26.9 Å². The molecule has 1 aromatic carbocycles. The third-order valence-corrected chi connectivity index (χ3v) is 4.38. The molecule has 130 valence electrons. The third kappa shape index (κ3) is 2.64. The number of likely N-dealkylation sites (tertiary alicyclic amines) is 1. The molecule has 0 spiro atoms. The summed E-state index contributed by atoms with van der Waals surface area (Å²) in [5.41, 5.74) is 6.15. The summed E-state index contributed by atoms with van der Waals surface area (Å²) in [5, 5.41) is 15.4. The topological polar surface area (TPSA) is 110 Å². The highest BCUT2D eigenvalue weighted by Crippen LogP contribution is 2.21. The van der Waals surface area contributed by atoms with Gasteiger partial charge >= 0.3 is 0 Å². The van der Waals surface area contributed by atoms with Gasteiger partial charge < -0.3 is 15.7 Å². The van der Waals surface area contributed by atoms with Crippen LogP contribution in [0.25, 0.3) is 16.7 Å². The van der Waals surface area contributed by atoms with Crippen molar-refractivity contribution in [1.82, 2.24) is 24.6 Å². The van der Waals surface area contributed by atoms with Crippen molar-refractivity contribution in [3.05, 3.63) is 42.4 Å². The molecule has 3 heterocycles. The molecule has 1 saturated heterocycles. The molecule has 0 unspecified atom stereocenters. The first-order valence-corrected chi connectivity index (χ1v) is 8.04. The predicted octanol–water partition coefficient (Wildman–Crippen LogP) is 0.342. The van der Waals surface area contributed by atoms with Crippen molar-refractivity contribution in [1.29, 1.82) is 0 Å². The van der Waals surface area contributed by atoms with E-state index < -0.39 is 5.60 Å². The van der Waals surface area contributed by atoms with Crippen LogP contribution >= 0.6 is 0 Å². The van der Waals surface area contributed by atoms with E-state index in [1.54, 1.807) is 24.0 Å². The molecule has 1 amide bonds. The number of nitrogens with two attached hydrogens (primary N) is 1. The summed E-state index contributed by atoms with van der Waals surface area (Å²) in [6.07, 6.45) is 3.42. The number of anilines is 1. The van der Waals surface area contributed by atoms with Crippen LogP contribution in [0.1, 0.15) is 12.0 Å². The van der Waals surface area contributed by atoms with Gasteiger partial charge in [0.25, 0.3) is 5.91 Å². The number of aromatic nitrogens is 4. The summed E-state index contributed by atoms with van der Waals surface area (Å²) in [7, 11) is 1.65. The Kier molecular flexibility index (Phi) is 3.60. The second-order valence-electron chi connectivity index (χ2n) is 6.21. The van der Waals surface area contributed by atoms with Crippen molar-refractivity contribution in [3.63, 3.8) is 0 Å². The highest BCUT2D eigenvalue weighted by molar-refractivity contribution is 5.90. The molecule has 0 aliphatic carbocycles. The quantitative estimate of drug-likeness (QED) is 0.614. The number of nitrogens with zero attached hydrogens (tertiary/aromatic N) is 5. The van der Waals surface area contributed by atoms with E-state index >= 15 is 0 Å². The summed E-state index contributed by atoms with van der Waals surface area (Å²) in [6.45, 7) is 0.492. The number of nitrogen functional groups attached to an aromatic ring is 1. The zero-order valence-corrected chi connectivity index (χ0v) is 14.0. The van der Waals surface area contributed by atoms with Gasteiger partial charge in [-0.05, 0) is 18.2 Å². The average Bonchev–Trinajstić information content (AvgIpc) is 3.19. The first-order valence-electron chi connectivity index (χ1n) is 8.04. The summed E-state index contributed by atoms with van der Waals surface area (Å²) in [5.74, 6) is 5.60. The number of benzene rings is 1. The molecule has 26 heavy (non-hydrogen) atoms. The van der Waals surface area contributed by atoms with E-state index in [9.17, 15) is 9.90 Å². The molecule has 8 heteroatoms. The molecule has 1 aliphatic heterocycles. The van der Waals surface area contributed by atoms with Gasteiger partial charge in [0.2, 0.25) is 5.60 Å². The van der Waals surface area contributed by atoms with Gasteiger partial charge in [-0.1, -0.05) is 17.9 Å². The van der Waals surface area contributed by atoms with Gasteiger partial charge in [0.05, 0.1) is 11.1 Å². The summed E-state index contributed by atoms with van der Waals surface area (Å²) < 4.78 is 1.64. The molecular weight excluding hydrogens is 332 g/mol. The van der Waals surface area contributed by atoms with E-state index in [1.165, 1.54) is 11.2 Å². The van der Waals surface area contributed by atoms with Crippen LogP contribution in [0.3, 0.4) is 0 Å². The maximum atomic E-state index is 12.0. The van der Waals surface area contributed by atoms with Crippen LogP contribution in [0.5, 0.6) is 0 Å². The average molecular weight is 348 g/mol. The number of aliphatic hydroxyl groups is 1. The Balaban J connectivity index is 1.68. The Labute approximate surface area is 149 Å². The normalized spacial score (nSPS) is 19.6. The number of fused-ring (bicyclic) bond motifs is 1. The molecular formula is C18H16N6O2. The third-order valence-electron chi connectivity index (χ3n) is 4.38. The fourth-order valence-corrected chi connectivity index (χ4v) is 2.86. The van der Waals surface area contributed by atoms with E-state index in [4.69, 9.17) is 5.73 Å². The molecule has 2 aromatic heterocycles. The van der Waals surface area contributed by atoms with Gasteiger partial charge in [-0.2, -0.15) is 0 Å². The van der Waals surface area contributed by atoms with Crippen molar-refractivity contribution < 1.29 is 9.90 Å². The second-order valence-corrected chi connectivity index (χ2v) is 6.21. The van der Waals surface area contributed by atoms with Crippen LogP contribution < -0.4 is 5.73 Å². The zero-order chi connectivity index (χ0) is 18.3. The lowest BCUT2D eigenvalue weighted by Gasteiger charge is -2.13. The molecule has 1 fully saturated rings. The summed E-state index contributed by atoms with van der Waals surface area (Å²) in [6, 6.07) is 7.31. The number of hydrogen-bond donors (Lipinski definition) is 2. The largest absolute Gasteiger partial charge is 0.383 e. The highest BCUT2D eigenvalue weighted by Gasteiger charge is 2.42. The monoisotopic (exact) mass is 348 g/mol. The Morgan fingerprint density at radius 2 is 2.19 bits per heavy atom. The number of carbonyl (C=O) groups excluding carboxylic acids is 1. The Morgan fingerprint density at radius 3 is 2.92 bits per heavy atom. The number of rotatable bonds is 1. The van der Waals surface area contributed by atoms with Crippen LogP contribution in [0, 0.1) is 11.8 Å². The minimum Gasteiger partial charge on any atom is -0.383 e. The first-order chi connectivity index (χ1) is 12.5. The van der Waals surface area contributed by atoms with Crippen LogP contribution in [-0.2, 0) is 4.79 Å². The van der Waals surface area contributed by atoms with Crippen molar-refractivity contribution in [2.45, 2.75) is 12.0 Å². The van der Waals surface area contributed by atoms with Crippen LogP contribution in [0.4, 0.5) is 5.82 Å². The Hall–Kier alpha value is -3.44. The van der Waals surface area contributed by atoms with E-state index in [0.717, 1.165) is 5.69 Å². The van der Waals surface area contributed by atoms with E-state index in [1.807, 2.05) is 18.2 Å². The Bertz CT molecular complexity index is 1080. The molecule has 8 nitrogen and oxygen atoms in total. The van der Waals surface area contributed by atoms with Crippen LogP contribution in [-0.4, -0.2) is 54.9 Å².